The molecule has 0 amide bonds. The Morgan fingerprint density at radius 2 is 2.06 bits per heavy atom. The molecule has 0 bridgehead atoms. The van der Waals surface area contributed by atoms with Crippen LogP contribution in [0.25, 0.3) is 4.85 Å². The van der Waals surface area contributed by atoms with Gasteiger partial charge in [0.05, 0.1) is 20.3 Å². The van der Waals surface area contributed by atoms with E-state index in [4.69, 9.17) is 16.0 Å². The zero-order valence-electron chi connectivity index (χ0n) is 10.7. The van der Waals surface area contributed by atoms with Gasteiger partial charge in [-0.1, -0.05) is 19.9 Å². The van der Waals surface area contributed by atoms with Crippen LogP contribution >= 0.6 is 0 Å². The molecule has 0 atom stereocenters. The number of rotatable bonds is 6. The summed E-state index contributed by atoms with van der Waals surface area (Å²) in [6.07, 6.45) is 2.16. The van der Waals surface area contributed by atoms with Gasteiger partial charge in [0, 0.05) is 0 Å². The van der Waals surface area contributed by atoms with Crippen molar-refractivity contribution in [2.75, 3.05) is 13.7 Å². The first-order valence-corrected chi connectivity index (χ1v) is 5.85. The average molecular weight is 233 g/mol. The third kappa shape index (κ3) is 4.36. The van der Waals surface area contributed by atoms with Gasteiger partial charge in [-0.05, 0) is 30.9 Å². The molecule has 0 aromatic heterocycles. The Hall–Kier alpha value is -1.69. The minimum Gasteiger partial charge on any atom is -0.493 e. The molecule has 0 saturated carbocycles. The van der Waals surface area contributed by atoms with E-state index in [-0.39, 0.29) is 0 Å². The second kappa shape index (κ2) is 6.80. The van der Waals surface area contributed by atoms with Crippen molar-refractivity contribution in [2.24, 2.45) is 5.92 Å². The van der Waals surface area contributed by atoms with Gasteiger partial charge in [0.15, 0.2) is 17.2 Å². The van der Waals surface area contributed by atoms with Crippen molar-refractivity contribution < 1.29 is 9.47 Å². The molecule has 0 radical (unpaired) electrons. The lowest BCUT2D eigenvalue weighted by Crippen LogP contribution is -2.00. The van der Waals surface area contributed by atoms with E-state index in [2.05, 4.69) is 18.7 Å². The molecule has 17 heavy (non-hydrogen) atoms. The van der Waals surface area contributed by atoms with Crippen molar-refractivity contribution in [3.63, 3.8) is 0 Å². The number of nitrogens with zero attached hydrogens (tertiary/aromatic N) is 1. The normalized spacial score (nSPS) is 10.1. The SMILES string of the molecule is [C-]#[N+]c1ccc(OC)c(OCCCC(C)C)c1. The summed E-state index contributed by atoms with van der Waals surface area (Å²) < 4.78 is 10.8. The van der Waals surface area contributed by atoms with Crippen LogP contribution in [-0.2, 0) is 0 Å². The van der Waals surface area contributed by atoms with Crippen molar-refractivity contribution in [1.29, 1.82) is 0 Å². The lowest BCUT2D eigenvalue weighted by Gasteiger charge is -2.11. The highest BCUT2D eigenvalue weighted by atomic mass is 16.5. The van der Waals surface area contributed by atoms with Crippen LogP contribution in [0.1, 0.15) is 26.7 Å². The molecule has 3 nitrogen and oxygen atoms in total. The molecule has 0 aliphatic rings. The number of methoxy groups -OCH3 is 1. The van der Waals surface area contributed by atoms with Crippen LogP contribution in [-0.4, -0.2) is 13.7 Å². The molecular weight excluding hydrogens is 214 g/mol. The molecule has 1 rings (SSSR count). The quantitative estimate of drug-likeness (QED) is 0.546. The van der Waals surface area contributed by atoms with Crippen LogP contribution in [0.4, 0.5) is 5.69 Å². The van der Waals surface area contributed by atoms with Crippen LogP contribution in [0.3, 0.4) is 0 Å². The molecule has 92 valence electrons. The van der Waals surface area contributed by atoms with E-state index < -0.39 is 0 Å². The molecule has 0 aliphatic heterocycles. The summed E-state index contributed by atoms with van der Waals surface area (Å²) in [5.41, 5.74) is 0.574. The van der Waals surface area contributed by atoms with E-state index >= 15 is 0 Å². The zero-order valence-corrected chi connectivity index (χ0v) is 10.7. The summed E-state index contributed by atoms with van der Waals surface area (Å²) in [5, 5.41) is 0. The number of ether oxygens (including phenoxy) is 2. The maximum Gasteiger partial charge on any atom is 0.191 e. The van der Waals surface area contributed by atoms with Gasteiger partial charge in [-0.3, -0.25) is 0 Å². The fraction of sp³-hybridized carbons (Fsp3) is 0.500. The fourth-order valence-corrected chi connectivity index (χ4v) is 1.52. The topological polar surface area (TPSA) is 22.8 Å². The highest BCUT2D eigenvalue weighted by Gasteiger charge is 2.05. The molecule has 0 unspecified atom stereocenters. The monoisotopic (exact) mass is 233 g/mol. The van der Waals surface area contributed by atoms with Gasteiger partial charge in [-0.15, -0.1) is 0 Å². The van der Waals surface area contributed by atoms with E-state index in [1.807, 2.05) is 0 Å². The lowest BCUT2D eigenvalue weighted by molar-refractivity contribution is 0.280. The van der Waals surface area contributed by atoms with Crippen molar-refractivity contribution in [3.05, 3.63) is 29.6 Å². The Bertz CT molecular complexity index is 394. The summed E-state index contributed by atoms with van der Waals surface area (Å²) in [6, 6.07) is 5.22. The zero-order chi connectivity index (χ0) is 12.7. The van der Waals surface area contributed by atoms with Crippen molar-refractivity contribution in [3.8, 4) is 11.5 Å². The third-order valence-electron chi connectivity index (χ3n) is 2.46. The maximum absolute atomic E-state index is 6.97. The fourth-order valence-electron chi connectivity index (χ4n) is 1.52. The van der Waals surface area contributed by atoms with E-state index in [0.29, 0.717) is 29.7 Å². The summed E-state index contributed by atoms with van der Waals surface area (Å²) in [6.45, 7) is 12.0. The molecule has 0 fully saturated rings. The molecule has 1 aromatic carbocycles. The van der Waals surface area contributed by atoms with Crippen molar-refractivity contribution in [1.82, 2.24) is 0 Å². The predicted octanol–water partition coefficient (Wildman–Crippen LogP) is 4.06. The van der Waals surface area contributed by atoms with Crippen molar-refractivity contribution in [2.45, 2.75) is 26.7 Å². The summed E-state index contributed by atoms with van der Waals surface area (Å²) in [4.78, 5) is 3.38. The summed E-state index contributed by atoms with van der Waals surface area (Å²) >= 11 is 0. The van der Waals surface area contributed by atoms with Gasteiger partial charge in [-0.25, -0.2) is 4.85 Å². The van der Waals surface area contributed by atoms with E-state index in [9.17, 15) is 0 Å². The second-order valence-electron chi connectivity index (χ2n) is 4.33. The molecular formula is C14H19NO2. The Balaban J connectivity index is 2.59. The molecule has 0 aliphatic carbocycles. The van der Waals surface area contributed by atoms with Gasteiger partial charge in [0.1, 0.15) is 0 Å². The van der Waals surface area contributed by atoms with E-state index in [1.54, 1.807) is 25.3 Å². The smallest absolute Gasteiger partial charge is 0.191 e. The minimum atomic E-state index is 0.574. The van der Waals surface area contributed by atoms with Crippen LogP contribution in [0, 0.1) is 12.5 Å². The molecule has 1 aromatic rings. The standard InChI is InChI=1S/C14H19NO2/c1-11(2)6-5-9-17-14-10-12(15-3)7-8-13(14)16-4/h7-8,10-11H,5-6,9H2,1-2,4H3. The van der Waals surface area contributed by atoms with Gasteiger partial charge >= 0.3 is 0 Å². The van der Waals surface area contributed by atoms with Crippen LogP contribution in [0.5, 0.6) is 11.5 Å². The molecule has 0 N–H and O–H groups in total. The predicted molar refractivity (Wildman–Crippen MR) is 68.8 cm³/mol. The van der Waals surface area contributed by atoms with E-state index in [1.165, 1.54) is 0 Å². The first-order valence-electron chi connectivity index (χ1n) is 5.85. The third-order valence-corrected chi connectivity index (χ3v) is 2.46. The Kier molecular flexibility index (Phi) is 5.35. The molecule has 3 heteroatoms. The largest absolute Gasteiger partial charge is 0.493 e. The number of hydrogen-bond acceptors (Lipinski definition) is 2. The maximum atomic E-state index is 6.97. The first kappa shape index (κ1) is 13.4. The Morgan fingerprint density at radius 1 is 1.29 bits per heavy atom. The highest BCUT2D eigenvalue weighted by molar-refractivity contribution is 5.55. The molecule has 0 heterocycles. The minimum absolute atomic E-state index is 0.574. The second-order valence-corrected chi connectivity index (χ2v) is 4.33. The highest BCUT2D eigenvalue weighted by Crippen LogP contribution is 2.31. The number of hydrogen-bond donors (Lipinski definition) is 0. The van der Waals surface area contributed by atoms with Crippen LogP contribution < -0.4 is 9.47 Å². The lowest BCUT2D eigenvalue weighted by atomic mass is 10.1. The van der Waals surface area contributed by atoms with Gasteiger partial charge < -0.3 is 9.47 Å². The van der Waals surface area contributed by atoms with E-state index in [0.717, 1.165) is 12.8 Å². The number of benzene rings is 1. The Morgan fingerprint density at radius 3 is 2.65 bits per heavy atom. The van der Waals surface area contributed by atoms with Crippen LogP contribution in [0.15, 0.2) is 18.2 Å². The van der Waals surface area contributed by atoms with Crippen LogP contribution in [0.2, 0.25) is 0 Å². The Labute approximate surface area is 103 Å². The summed E-state index contributed by atoms with van der Waals surface area (Å²) in [7, 11) is 1.60. The molecule has 0 saturated heterocycles. The van der Waals surface area contributed by atoms with Crippen molar-refractivity contribution >= 4 is 5.69 Å². The summed E-state index contributed by atoms with van der Waals surface area (Å²) in [5.74, 6) is 2.03. The van der Waals surface area contributed by atoms with Gasteiger partial charge in [-0.2, -0.15) is 0 Å². The van der Waals surface area contributed by atoms with Gasteiger partial charge in [0.2, 0.25) is 0 Å². The first-order chi connectivity index (χ1) is 8.17. The molecule has 0 spiro atoms. The average Bonchev–Trinajstić information content (AvgIpc) is 2.34. The van der Waals surface area contributed by atoms with Gasteiger partial charge in [0.25, 0.3) is 0 Å².